The van der Waals surface area contributed by atoms with Crippen LogP contribution < -0.4 is 0 Å². The molecule has 0 N–H and O–H groups in total. The van der Waals surface area contributed by atoms with Crippen LogP contribution in [0.4, 0.5) is 4.79 Å². The molecule has 1 amide bonds. The first kappa shape index (κ1) is 19.1. The Morgan fingerprint density at radius 3 is 2.10 bits per heavy atom. The summed E-state index contributed by atoms with van der Waals surface area (Å²) in [5.41, 5.74) is 4.97. The number of carbonyl (C=O) groups is 2. The van der Waals surface area contributed by atoms with Crippen LogP contribution in [0.2, 0.25) is 0 Å². The Labute approximate surface area is 180 Å². The average molecular weight is 410 g/mol. The van der Waals surface area contributed by atoms with Gasteiger partial charge in [-0.3, -0.25) is 4.79 Å². The van der Waals surface area contributed by atoms with E-state index in [9.17, 15) is 9.59 Å². The maximum Gasteiger partial charge on any atom is 0.418 e. The van der Waals surface area contributed by atoms with Gasteiger partial charge in [0.25, 0.3) is 5.91 Å². The molecule has 0 saturated heterocycles. The summed E-state index contributed by atoms with van der Waals surface area (Å²) in [4.78, 5) is 27.4. The molecule has 154 valence electrons. The van der Waals surface area contributed by atoms with Crippen molar-refractivity contribution in [2.24, 2.45) is 0 Å². The molecule has 31 heavy (non-hydrogen) atoms. The second-order valence-corrected chi connectivity index (χ2v) is 7.94. The van der Waals surface area contributed by atoms with E-state index in [1.807, 2.05) is 48.5 Å². The van der Waals surface area contributed by atoms with Gasteiger partial charge < -0.3 is 9.64 Å². The highest BCUT2D eigenvalue weighted by Crippen LogP contribution is 2.44. The van der Waals surface area contributed by atoms with E-state index in [2.05, 4.69) is 24.3 Å². The van der Waals surface area contributed by atoms with E-state index in [1.54, 1.807) is 20.3 Å². The number of benzene rings is 3. The lowest BCUT2D eigenvalue weighted by molar-refractivity contribution is 0.0814. The zero-order valence-electron chi connectivity index (χ0n) is 17.4. The van der Waals surface area contributed by atoms with Crippen molar-refractivity contribution in [2.75, 3.05) is 20.7 Å². The standard InChI is InChI=1S/C26H22N2O3/c1-27(2)25(29)24-18-10-4-3-9-17(18)15-28(24)26(30)31-16-23-21-13-7-5-11-19(21)20-12-6-8-14-22(20)23/h3-15,23H,16H2,1-2H3. The molecule has 0 bridgehead atoms. The van der Waals surface area contributed by atoms with Gasteiger partial charge in [-0.1, -0.05) is 72.8 Å². The monoisotopic (exact) mass is 410 g/mol. The van der Waals surface area contributed by atoms with Crippen molar-refractivity contribution in [1.82, 2.24) is 9.47 Å². The third-order valence-corrected chi connectivity index (χ3v) is 5.87. The highest BCUT2D eigenvalue weighted by molar-refractivity contribution is 6.08. The number of ether oxygens (including phenoxy) is 1. The second kappa shape index (κ2) is 7.43. The van der Waals surface area contributed by atoms with Crippen molar-refractivity contribution in [3.8, 4) is 11.1 Å². The molecule has 1 aromatic heterocycles. The summed E-state index contributed by atoms with van der Waals surface area (Å²) < 4.78 is 7.11. The van der Waals surface area contributed by atoms with Crippen LogP contribution in [0.1, 0.15) is 27.5 Å². The summed E-state index contributed by atoms with van der Waals surface area (Å²) >= 11 is 0. The predicted octanol–water partition coefficient (Wildman–Crippen LogP) is 5.14. The van der Waals surface area contributed by atoms with Gasteiger partial charge >= 0.3 is 6.09 Å². The predicted molar refractivity (Wildman–Crippen MR) is 120 cm³/mol. The van der Waals surface area contributed by atoms with Gasteiger partial charge in [-0.05, 0) is 22.3 Å². The number of fused-ring (bicyclic) bond motifs is 4. The zero-order valence-corrected chi connectivity index (χ0v) is 17.4. The van der Waals surface area contributed by atoms with Crippen LogP contribution in [0.5, 0.6) is 0 Å². The minimum Gasteiger partial charge on any atom is -0.448 e. The molecule has 0 radical (unpaired) electrons. The number of rotatable bonds is 3. The maximum atomic E-state index is 13.1. The smallest absolute Gasteiger partial charge is 0.418 e. The summed E-state index contributed by atoms with van der Waals surface area (Å²) in [5, 5.41) is 1.55. The van der Waals surface area contributed by atoms with Gasteiger partial charge in [0.05, 0.1) is 0 Å². The zero-order chi connectivity index (χ0) is 21.5. The van der Waals surface area contributed by atoms with Gasteiger partial charge in [0.15, 0.2) is 0 Å². The van der Waals surface area contributed by atoms with Gasteiger partial charge in [-0.2, -0.15) is 0 Å². The minimum atomic E-state index is -0.553. The lowest BCUT2D eigenvalue weighted by atomic mass is 9.98. The normalized spacial score (nSPS) is 12.5. The highest BCUT2D eigenvalue weighted by Gasteiger charge is 2.30. The van der Waals surface area contributed by atoms with Gasteiger partial charge in [0.2, 0.25) is 0 Å². The Balaban J connectivity index is 1.48. The Morgan fingerprint density at radius 1 is 0.871 bits per heavy atom. The first-order chi connectivity index (χ1) is 15.1. The maximum absolute atomic E-state index is 13.1. The van der Waals surface area contributed by atoms with Gasteiger partial charge in [0, 0.05) is 37.0 Å². The molecular weight excluding hydrogens is 388 g/mol. The van der Waals surface area contributed by atoms with E-state index >= 15 is 0 Å². The van der Waals surface area contributed by atoms with Crippen molar-refractivity contribution in [3.63, 3.8) is 0 Å². The molecular formula is C26H22N2O3. The molecule has 5 nitrogen and oxygen atoms in total. The Morgan fingerprint density at radius 2 is 1.45 bits per heavy atom. The molecule has 5 rings (SSSR count). The number of aromatic nitrogens is 1. The molecule has 1 heterocycles. The SMILES string of the molecule is CN(C)C(=O)c1c2ccccc2cn1C(=O)OCC1c2ccccc2-c2ccccc21. The quantitative estimate of drug-likeness (QED) is 0.470. The third-order valence-electron chi connectivity index (χ3n) is 5.87. The van der Waals surface area contributed by atoms with Crippen LogP contribution in [-0.2, 0) is 4.74 Å². The number of nitrogens with zero attached hydrogens (tertiary/aromatic N) is 2. The molecule has 3 aromatic carbocycles. The fourth-order valence-electron chi connectivity index (χ4n) is 4.40. The first-order valence-corrected chi connectivity index (χ1v) is 10.2. The summed E-state index contributed by atoms with van der Waals surface area (Å²) in [7, 11) is 3.35. The lowest BCUT2D eigenvalue weighted by Crippen LogP contribution is -2.28. The summed E-state index contributed by atoms with van der Waals surface area (Å²) in [6.07, 6.45) is 1.12. The van der Waals surface area contributed by atoms with E-state index in [1.165, 1.54) is 20.6 Å². The molecule has 0 spiro atoms. The number of hydrogen-bond donors (Lipinski definition) is 0. The first-order valence-electron chi connectivity index (χ1n) is 10.2. The Bertz CT molecular complexity index is 1270. The Hall–Kier alpha value is -3.86. The van der Waals surface area contributed by atoms with Crippen LogP contribution in [0.3, 0.4) is 0 Å². The number of hydrogen-bond acceptors (Lipinski definition) is 3. The topological polar surface area (TPSA) is 51.5 Å². The molecule has 0 saturated carbocycles. The van der Waals surface area contributed by atoms with Crippen molar-refractivity contribution in [2.45, 2.75) is 5.92 Å². The van der Waals surface area contributed by atoms with Crippen molar-refractivity contribution < 1.29 is 14.3 Å². The van der Waals surface area contributed by atoms with Crippen LogP contribution >= 0.6 is 0 Å². The fraction of sp³-hybridized carbons (Fsp3) is 0.154. The highest BCUT2D eigenvalue weighted by atomic mass is 16.5. The van der Waals surface area contributed by atoms with E-state index in [4.69, 9.17) is 4.74 Å². The fourth-order valence-corrected chi connectivity index (χ4v) is 4.40. The summed E-state index contributed by atoms with van der Waals surface area (Å²) in [6, 6.07) is 23.9. The van der Waals surface area contributed by atoms with Crippen molar-refractivity contribution in [1.29, 1.82) is 0 Å². The van der Waals surface area contributed by atoms with Crippen molar-refractivity contribution in [3.05, 3.63) is 95.8 Å². The molecule has 1 aliphatic rings. The van der Waals surface area contributed by atoms with Crippen molar-refractivity contribution >= 4 is 22.8 Å². The number of amides is 1. The van der Waals surface area contributed by atoms with Gasteiger partial charge in [0.1, 0.15) is 12.3 Å². The van der Waals surface area contributed by atoms with Gasteiger partial charge in [-0.25, -0.2) is 9.36 Å². The molecule has 0 aliphatic heterocycles. The van der Waals surface area contributed by atoms with Crippen LogP contribution in [-0.4, -0.2) is 42.2 Å². The summed E-state index contributed by atoms with van der Waals surface area (Å²) in [5.74, 6) is -0.274. The van der Waals surface area contributed by atoms with Gasteiger partial charge in [-0.15, -0.1) is 0 Å². The van der Waals surface area contributed by atoms with Crippen LogP contribution in [0.25, 0.3) is 21.9 Å². The van der Waals surface area contributed by atoms with E-state index in [0.717, 1.165) is 21.9 Å². The van der Waals surface area contributed by atoms with Crippen LogP contribution in [0.15, 0.2) is 79.0 Å². The Kier molecular flexibility index (Phi) is 4.59. The number of carbonyl (C=O) groups excluding carboxylic acids is 2. The molecule has 1 aliphatic carbocycles. The lowest BCUT2D eigenvalue weighted by Gasteiger charge is -2.16. The minimum absolute atomic E-state index is 0.0330. The molecule has 5 heteroatoms. The molecule has 0 fully saturated rings. The third kappa shape index (κ3) is 3.10. The largest absolute Gasteiger partial charge is 0.448 e. The molecule has 0 atom stereocenters. The van der Waals surface area contributed by atoms with Crippen LogP contribution in [0, 0.1) is 0 Å². The van der Waals surface area contributed by atoms with E-state index in [-0.39, 0.29) is 18.4 Å². The van der Waals surface area contributed by atoms with E-state index < -0.39 is 6.09 Å². The molecule has 0 unspecified atom stereocenters. The molecule has 4 aromatic rings. The van der Waals surface area contributed by atoms with E-state index in [0.29, 0.717) is 5.69 Å². The summed E-state index contributed by atoms with van der Waals surface area (Å²) in [6.45, 7) is 0.205. The average Bonchev–Trinajstić information content (AvgIpc) is 3.33. The second-order valence-electron chi connectivity index (χ2n) is 7.94.